The van der Waals surface area contributed by atoms with Gasteiger partial charge in [0.2, 0.25) is 0 Å². The summed E-state index contributed by atoms with van der Waals surface area (Å²) in [6.45, 7) is 1.38. The largest absolute Gasteiger partial charge is 0.497 e. The van der Waals surface area contributed by atoms with Crippen molar-refractivity contribution in [3.8, 4) is 5.75 Å². The number of hydrogen-bond donors (Lipinski definition) is 2. The Morgan fingerprint density at radius 3 is 2.88 bits per heavy atom. The maximum atomic E-state index is 12.9. The number of nitrogens with one attached hydrogen (secondary N) is 1. The van der Waals surface area contributed by atoms with Gasteiger partial charge in [0.25, 0.3) is 5.91 Å². The molecule has 1 heterocycles. The molecule has 24 heavy (non-hydrogen) atoms. The molecule has 5 heteroatoms. The number of anilines is 2. The normalized spacial score (nSPS) is 17.4. The molecule has 126 valence electrons. The van der Waals surface area contributed by atoms with Crippen LogP contribution in [0.5, 0.6) is 5.75 Å². The molecule has 1 amide bonds. The molecule has 0 radical (unpaired) electrons. The number of carbonyl (C=O) groups is 1. The molecule has 0 spiro atoms. The molecule has 0 aliphatic carbocycles. The Balaban J connectivity index is 1.83. The van der Waals surface area contributed by atoms with Crippen molar-refractivity contribution < 1.29 is 9.53 Å². The van der Waals surface area contributed by atoms with Gasteiger partial charge < -0.3 is 20.7 Å². The molecule has 1 aliphatic rings. The first-order valence-electron chi connectivity index (χ1n) is 8.22. The van der Waals surface area contributed by atoms with Crippen molar-refractivity contribution in [3.05, 3.63) is 54.1 Å². The second-order valence-electron chi connectivity index (χ2n) is 6.06. The maximum absolute atomic E-state index is 12.9. The molecule has 3 rings (SSSR count). The minimum atomic E-state index is 0.0242. The predicted molar refractivity (Wildman–Crippen MR) is 95.8 cm³/mol. The van der Waals surface area contributed by atoms with E-state index in [0.29, 0.717) is 12.1 Å². The number of para-hydroxylation sites is 1. The van der Waals surface area contributed by atoms with E-state index in [0.717, 1.165) is 36.5 Å². The van der Waals surface area contributed by atoms with Crippen LogP contribution in [-0.4, -0.2) is 37.0 Å². The topological polar surface area (TPSA) is 67.6 Å². The minimum absolute atomic E-state index is 0.0242. The van der Waals surface area contributed by atoms with Crippen LogP contribution in [0.15, 0.2) is 48.5 Å². The number of nitrogens with two attached hydrogens (primary N) is 1. The summed E-state index contributed by atoms with van der Waals surface area (Å²) in [5.74, 6) is 0.793. The van der Waals surface area contributed by atoms with Gasteiger partial charge in [-0.25, -0.2) is 0 Å². The average molecular weight is 325 g/mol. The summed E-state index contributed by atoms with van der Waals surface area (Å²) in [5.41, 5.74) is 8.34. The van der Waals surface area contributed by atoms with Gasteiger partial charge in [0.15, 0.2) is 0 Å². The van der Waals surface area contributed by atoms with E-state index in [1.165, 1.54) is 0 Å². The fourth-order valence-corrected chi connectivity index (χ4v) is 3.00. The van der Waals surface area contributed by atoms with E-state index >= 15 is 0 Å². The monoisotopic (exact) mass is 325 g/mol. The van der Waals surface area contributed by atoms with Crippen LogP contribution < -0.4 is 15.8 Å². The van der Waals surface area contributed by atoms with Gasteiger partial charge in [-0.3, -0.25) is 4.79 Å². The lowest BCUT2D eigenvalue weighted by molar-refractivity contribution is 0.0710. The molecule has 1 aliphatic heterocycles. The summed E-state index contributed by atoms with van der Waals surface area (Å²) in [4.78, 5) is 14.7. The van der Waals surface area contributed by atoms with Crippen LogP contribution in [0.3, 0.4) is 0 Å². The molecule has 0 saturated carbocycles. The second-order valence-corrected chi connectivity index (χ2v) is 6.06. The lowest BCUT2D eigenvalue weighted by Crippen LogP contribution is -2.45. The van der Waals surface area contributed by atoms with E-state index in [4.69, 9.17) is 10.5 Å². The number of amides is 1. The Labute approximate surface area is 142 Å². The van der Waals surface area contributed by atoms with E-state index in [1.807, 2.05) is 53.4 Å². The molecule has 2 aromatic carbocycles. The predicted octanol–water partition coefficient (Wildman–Crippen LogP) is 3.00. The number of benzene rings is 2. The SMILES string of the molecule is COc1cccc(Nc2ccccc2C(=O)N2CCCC(N)C2)c1. The minimum Gasteiger partial charge on any atom is -0.497 e. The van der Waals surface area contributed by atoms with Crippen LogP contribution in [0.2, 0.25) is 0 Å². The van der Waals surface area contributed by atoms with Gasteiger partial charge in [-0.2, -0.15) is 0 Å². The third kappa shape index (κ3) is 3.68. The van der Waals surface area contributed by atoms with Gasteiger partial charge in [-0.05, 0) is 37.1 Å². The highest BCUT2D eigenvalue weighted by atomic mass is 16.5. The van der Waals surface area contributed by atoms with Gasteiger partial charge in [0.1, 0.15) is 5.75 Å². The average Bonchev–Trinajstić information content (AvgIpc) is 2.62. The summed E-state index contributed by atoms with van der Waals surface area (Å²) in [6.07, 6.45) is 1.94. The molecule has 5 nitrogen and oxygen atoms in total. The fourth-order valence-electron chi connectivity index (χ4n) is 3.00. The van der Waals surface area contributed by atoms with Crippen LogP contribution in [0.4, 0.5) is 11.4 Å². The number of nitrogens with zero attached hydrogens (tertiary/aromatic N) is 1. The molecule has 0 bridgehead atoms. The standard InChI is InChI=1S/C19H23N3O2/c1-24-16-8-4-7-15(12-16)21-18-10-3-2-9-17(18)19(23)22-11-5-6-14(20)13-22/h2-4,7-10,12,14,21H,5-6,11,13,20H2,1H3. The highest BCUT2D eigenvalue weighted by Gasteiger charge is 2.23. The van der Waals surface area contributed by atoms with E-state index in [-0.39, 0.29) is 11.9 Å². The highest BCUT2D eigenvalue weighted by molar-refractivity contribution is 6.00. The van der Waals surface area contributed by atoms with Crippen LogP contribution >= 0.6 is 0 Å². The van der Waals surface area contributed by atoms with Gasteiger partial charge >= 0.3 is 0 Å². The maximum Gasteiger partial charge on any atom is 0.256 e. The van der Waals surface area contributed by atoms with Gasteiger partial charge in [0, 0.05) is 30.9 Å². The Morgan fingerprint density at radius 1 is 1.25 bits per heavy atom. The van der Waals surface area contributed by atoms with Crippen molar-refractivity contribution in [2.75, 3.05) is 25.5 Å². The first-order valence-corrected chi connectivity index (χ1v) is 8.22. The number of hydrogen-bond acceptors (Lipinski definition) is 4. The first-order chi connectivity index (χ1) is 11.7. The number of methoxy groups -OCH3 is 1. The highest BCUT2D eigenvalue weighted by Crippen LogP contribution is 2.25. The Morgan fingerprint density at radius 2 is 2.08 bits per heavy atom. The van der Waals surface area contributed by atoms with E-state index in [9.17, 15) is 4.79 Å². The van der Waals surface area contributed by atoms with Crippen molar-refractivity contribution in [2.45, 2.75) is 18.9 Å². The van der Waals surface area contributed by atoms with Gasteiger partial charge in [-0.1, -0.05) is 18.2 Å². The zero-order valence-electron chi connectivity index (χ0n) is 13.9. The quantitative estimate of drug-likeness (QED) is 0.907. The molecular formula is C19H23N3O2. The van der Waals surface area contributed by atoms with Crippen LogP contribution in [0.1, 0.15) is 23.2 Å². The molecule has 3 N–H and O–H groups in total. The summed E-state index contributed by atoms with van der Waals surface area (Å²) < 4.78 is 5.25. The Kier molecular flexibility index (Phi) is 5.01. The fraction of sp³-hybridized carbons (Fsp3) is 0.316. The number of rotatable bonds is 4. The number of piperidine rings is 1. The molecular weight excluding hydrogens is 302 g/mol. The summed E-state index contributed by atoms with van der Waals surface area (Å²) in [5, 5.41) is 3.32. The van der Waals surface area contributed by atoms with E-state index in [2.05, 4.69) is 5.32 Å². The smallest absolute Gasteiger partial charge is 0.256 e. The summed E-state index contributed by atoms with van der Waals surface area (Å²) in [6, 6.07) is 15.3. The zero-order valence-corrected chi connectivity index (χ0v) is 13.9. The van der Waals surface area contributed by atoms with Crippen molar-refractivity contribution >= 4 is 17.3 Å². The molecule has 1 saturated heterocycles. The lowest BCUT2D eigenvalue weighted by atomic mass is 10.0. The zero-order chi connectivity index (χ0) is 16.9. The lowest BCUT2D eigenvalue weighted by Gasteiger charge is -2.31. The molecule has 0 aromatic heterocycles. The molecule has 2 aromatic rings. The third-order valence-electron chi connectivity index (χ3n) is 4.25. The number of ether oxygens (including phenoxy) is 1. The van der Waals surface area contributed by atoms with Crippen molar-refractivity contribution in [1.82, 2.24) is 4.90 Å². The molecule has 1 fully saturated rings. The molecule has 1 unspecified atom stereocenters. The van der Waals surface area contributed by atoms with E-state index in [1.54, 1.807) is 7.11 Å². The third-order valence-corrected chi connectivity index (χ3v) is 4.25. The number of carbonyl (C=O) groups excluding carboxylic acids is 1. The Bertz CT molecular complexity index is 717. The molecule has 1 atom stereocenters. The van der Waals surface area contributed by atoms with Gasteiger partial charge in [0.05, 0.1) is 18.4 Å². The summed E-state index contributed by atoms with van der Waals surface area (Å²) >= 11 is 0. The van der Waals surface area contributed by atoms with E-state index < -0.39 is 0 Å². The van der Waals surface area contributed by atoms with Crippen molar-refractivity contribution in [3.63, 3.8) is 0 Å². The van der Waals surface area contributed by atoms with Crippen LogP contribution in [-0.2, 0) is 0 Å². The van der Waals surface area contributed by atoms with Crippen LogP contribution in [0.25, 0.3) is 0 Å². The second kappa shape index (κ2) is 7.36. The van der Waals surface area contributed by atoms with Gasteiger partial charge in [-0.15, -0.1) is 0 Å². The Hall–Kier alpha value is -2.53. The van der Waals surface area contributed by atoms with Crippen molar-refractivity contribution in [1.29, 1.82) is 0 Å². The first kappa shape index (κ1) is 16.3. The van der Waals surface area contributed by atoms with Crippen LogP contribution in [0, 0.1) is 0 Å². The van der Waals surface area contributed by atoms with Crippen molar-refractivity contribution in [2.24, 2.45) is 5.73 Å². The number of likely N-dealkylation sites (tertiary alicyclic amines) is 1. The summed E-state index contributed by atoms with van der Waals surface area (Å²) in [7, 11) is 1.64.